The maximum atomic E-state index is 13.9. The fourth-order valence-electron chi connectivity index (χ4n) is 2.87. The molecule has 1 fully saturated rings. The number of ketones is 1. The number of amides is 2. The van der Waals surface area contributed by atoms with Gasteiger partial charge in [0.05, 0.1) is 11.6 Å². The van der Waals surface area contributed by atoms with E-state index in [1.54, 1.807) is 24.3 Å². The molecule has 0 bridgehead atoms. The maximum absolute atomic E-state index is 13.9. The lowest BCUT2D eigenvalue weighted by molar-refractivity contribution is -0.122. The predicted molar refractivity (Wildman–Crippen MR) is 91.9 cm³/mol. The van der Waals surface area contributed by atoms with Gasteiger partial charge in [-0.15, -0.1) is 0 Å². The number of anilines is 2. The molecule has 0 spiro atoms. The topological polar surface area (TPSA) is 66.5 Å². The van der Waals surface area contributed by atoms with Gasteiger partial charge in [-0.05, 0) is 43.3 Å². The smallest absolute Gasteiger partial charge is 0.229 e. The molecule has 3 rings (SSSR count). The van der Waals surface area contributed by atoms with Crippen LogP contribution in [-0.2, 0) is 9.59 Å². The maximum Gasteiger partial charge on any atom is 0.229 e. The van der Waals surface area contributed by atoms with Gasteiger partial charge in [0.2, 0.25) is 11.8 Å². The van der Waals surface area contributed by atoms with Crippen LogP contribution in [0.15, 0.2) is 36.4 Å². The van der Waals surface area contributed by atoms with Crippen LogP contribution in [0.4, 0.5) is 24.5 Å². The molecule has 5 nitrogen and oxygen atoms in total. The molecule has 0 saturated carbocycles. The van der Waals surface area contributed by atoms with Gasteiger partial charge >= 0.3 is 0 Å². The summed E-state index contributed by atoms with van der Waals surface area (Å²) in [6.07, 6.45) is -0.185. The van der Waals surface area contributed by atoms with E-state index in [0.717, 1.165) is 17.0 Å². The Morgan fingerprint density at radius 2 is 1.70 bits per heavy atom. The van der Waals surface area contributed by atoms with Gasteiger partial charge < -0.3 is 10.2 Å². The molecular weight excluding hydrogens is 361 g/mol. The lowest BCUT2D eigenvalue weighted by atomic mass is 10.1. The minimum Gasteiger partial charge on any atom is -0.326 e. The van der Waals surface area contributed by atoms with Crippen LogP contribution in [-0.4, -0.2) is 24.1 Å². The van der Waals surface area contributed by atoms with Crippen molar-refractivity contribution in [3.63, 3.8) is 0 Å². The average molecular weight is 376 g/mol. The minimum atomic E-state index is -1.67. The number of nitrogens with one attached hydrogen (secondary N) is 1. The normalized spacial score (nSPS) is 16.5. The van der Waals surface area contributed by atoms with Crippen molar-refractivity contribution in [2.45, 2.75) is 13.3 Å². The number of hydrogen-bond acceptors (Lipinski definition) is 3. The number of hydrogen-bond donors (Lipinski definition) is 1. The van der Waals surface area contributed by atoms with E-state index < -0.39 is 40.9 Å². The highest BCUT2D eigenvalue weighted by Crippen LogP contribution is 2.30. The van der Waals surface area contributed by atoms with Crippen LogP contribution in [0.2, 0.25) is 0 Å². The molecule has 1 aliphatic rings. The third-order valence-corrected chi connectivity index (χ3v) is 4.36. The van der Waals surface area contributed by atoms with Gasteiger partial charge in [-0.1, -0.05) is 0 Å². The second-order valence-corrected chi connectivity index (χ2v) is 6.22. The van der Waals surface area contributed by atoms with Crippen molar-refractivity contribution in [2.75, 3.05) is 16.8 Å². The SMILES string of the molecule is CC(=O)c1ccc(NC(=O)C2CC(=O)N(c3ccc(F)c(F)c3F)C2)cc1. The van der Waals surface area contributed by atoms with E-state index in [9.17, 15) is 27.6 Å². The van der Waals surface area contributed by atoms with Gasteiger partial charge in [0, 0.05) is 24.2 Å². The van der Waals surface area contributed by atoms with Gasteiger partial charge in [0.25, 0.3) is 0 Å². The summed E-state index contributed by atoms with van der Waals surface area (Å²) < 4.78 is 40.4. The zero-order valence-corrected chi connectivity index (χ0v) is 14.3. The van der Waals surface area contributed by atoms with E-state index in [2.05, 4.69) is 5.32 Å². The minimum absolute atomic E-state index is 0.113. The molecule has 1 saturated heterocycles. The Hall–Kier alpha value is -3.16. The summed E-state index contributed by atoms with van der Waals surface area (Å²) in [5, 5.41) is 2.62. The average Bonchev–Trinajstić information content (AvgIpc) is 3.02. The summed E-state index contributed by atoms with van der Waals surface area (Å²) in [5.41, 5.74) is 0.527. The largest absolute Gasteiger partial charge is 0.326 e. The molecule has 8 heteroatoms. The lowest BCUT2D eigenvalue weighted by Crippen LogP contribution is -2.29. The molecule has 2 aromatic rings. The molecule has 1 N–H and O–H groups in total. The van der Waals surface area contributed by atoms with E-state index in [1.807, 2.05) is 0 Å². The van der Waals surface area contributed by atoms with Crippen molar-refractivity contribution in [1.29, 1.82) is 0 Å². The zero-order valence-electron chi connectivity index (χ0n) is 14.3. The number of nitrogens with zero attached hydrogens (tertiary/aromatic N) is 1. The molecule has 2 aromatic carbocycles. The lowest BCUT2D eigenvalue weighted by Gasteiger charge is -2.18. The van der Waals surface area contributed by atoms with Crippen molar-refractivity contribution < 1.29 is 27.6 Å². The van der Waals surface area contributed by atoms with Crippen LogP contribution >= 0.6 is 0 Å². The van der Waals surface area contributed by atoms with Gasteiger partial charge in [-0.25, -0.2) is 13.2 Å². The van der Waals surface area contributed by atoms with Crippen LogP contribution < -0.4 is 10.2 Å². The third kappa shape index (κ3) is 3.69. The number of carbonyl (C=O) groups excluding carboxylic acids is 3. The number of halogens is 3. The van der Waals surface area contributed by atoms with Crippen LogP contribution in [0.25, 0.3) is 0 Å². The number of carbonyl (C=O) groups is 3. The molecule has 0 radical (unpaired) electrons. The quantitative estimate of drug-likeness (QED) is 0.658. The molecular formula is C19H15F3N2O3. The molecule has 27 heavy (non-hydrogen) atoms. The number of rotatable bonds is 4. The van der Waals surface area contributed by atoms with Gasteiger partial charge in [0.1, 0.15) is 0 Å². The Bertz CT molecular complexity index is 929. The number of Topliss-reactive ketones (excluding diaryl/α,β-unsaturated/α-hetero) is 1. The molecule has 1 unspecified atom stereocenters. The second-order valence-electron chi connectivity index (χ2n) is 6.22. The van der Waals surface area contributed by atoms with Crippen molar-refractivity contribution in [1.82, 2.24) is 0 Å². The summed E-state index contributed by atoms with van der Waals surface area (Å²) >= 11 is 0. The molecule has 1 heterocycles. The standard InChI is InChI=1S/C19H15F3N2O3/c1-10(25)11-2-4-13(5-3-11)23-19(27)12-8-16(26)24(9-12)15-7-6-14(20)17(21)18(15)22/h2-7,12H,8-9H2,1H3,(H,23,27). The molecule has 0 aliphatic carbocycles. The van der Waals surface area contributed by atoms with Gasteiger partial charge in [-0.2, -0.15) is 0 Å². The molecule has 0 aromatic heterocycles. The van der Waals surface area contributed by atoms with E-state index in [-0.39, 0.29) is 18.7 Å². The first-order valence-corrected chi connectivity index (χ1v) is 8.13. The third-order valence-electron chi connectivity index (χ3n) is 4.36. The number of benzene rings is 2. The fourth-order valence-corrected chi connectivity index (χ4v) is 2.87. The monoisotopic (exact) mass is 376 g/mol. The van der Waals surface area contributed by atoms with E-state index >= 15 is 0 Å². The highest BCUT2D eigenvalue weighted by Gasteiger charge is 2.37. The Labute approximate surface area is 152 Å². The molecule has 140 valence electrons. The first-order chi connectivity index (χ1) is 12.8. The van der Waals surface area contributed by atoms with Crippen LogP contribution in [0.1, 0.15) is 23.7 Å². The van der Waals surface area contributed by atoms with E-state index in [4.69, 9.17) is 0 Å². The molecule has 2 amide bonds. The molecule has 1 aliphatic heterocycles. The van der Waals surface area contributed by atoms with Crippen molar-refractivity contribution in [3.8, 4) is 0 Å². The Morgan fingerprint density at radius 1 is 1.04 bits per heavy atom. The van der Waals surface area contributed by atoms with Crippen LogP contribution in [0.5, 0.6) is 0 Å². The fraction of sp³-hybridized carbons (Fsp3) is 0.211. The Balaban J connectivity index is 1.72. The first-order valence-electron chi connectivity index (χ1n) is 8.13. The predicted octanol–water partition coefficient (Wildman–Crippen LogP) is 3.30. The van der Waals surface area contributed by atoms with Crippen molar-refractivity contribution in [2.24, 2.45) is 5.92 Å². The van der Waals surface area contributed by atoms with Crippen LogP contribution in [0.3, 0.4) is 0 Å². The summed E-state index contributed by atoms with van der Waals surface area (Å²) in [5.74, 6) is -6.42. The van der Waals surface area contributed by atoms with Gasteiger partial charge in [-0.3, -0.25) is 14.4 Å². The second kappa shape index (κ2) is 7.22. The summed E-state index contributed by atoms with van der Waals surface area (Å²) in [7, 11) is 0. The van der Waals surface area contributed by atoms with Crippen molar-refractivity contribution in [3.05, 3.63) is 59.4 Å². The summed E-state index contributed by atoms with van der Waals surface area (Å²) in [6, 6.07) is 7.91. The van der Waals surface area contributed by atoms with Crippen molar-refractivity contribution >= 4 is 29.0 Å². The van der Waals surface area contributed by atoms with E-state index in [0.29, 0.717) is 11.3 Å². The summed E-state index contributed by atoms with van der Waals surface area (Å²) in [4.78, 5) is 36.7. The highest BCUT2D eigenvalue weighted by molar-refractivity contribution is 6.03. The first kappa shape index (κ1) is 18.6. The Kier molecular flexibility index (Phi) is 4.98. The summed E-state index contributed by atoms with van der Waals surface area (Å²) in [6.45, 7) is 1.27. The van der Waals surface area contributed by atoms with Crippen LogP contribution in [0, 0.1) is 23.4 Å². The Morgan fingerprint density at radius 3 is 2.33 bits per heavy atom. The van der Waals surface area contributed by atoms with Gasteiger partial charge in [0.15, 0.2) is 23.2 Å². The molecule has 1 atom stereocenters. The van der Waals surface area contributed by atoms with E-state index in [1.165, 1.54) is 6.92 Å². The highest BCUT2D eigenvalue weighted by atomic mass is 19.2. The zero-order chi connectivity index (χ0) is 19.7.